The Balaban J connectivity index is 1.90. The van der Waals surface area contributed by atoms with Crippen LogP contribution < -0.4 is 15.8 Å². The van der Waals surface area contributed by atoms with Gasteiger partial charge in [-0.05, 0) is 30.2 Å². The number of methoxy groups -OCH3 is 1. The summed E-state index contributed by atoms with van der Waals surface area (Å²) >= 11 is 0. The second kappa shape index (κ2) is 6.10. The van der Waals surface area contributed by atoms with E-state index >= 15 is 0 Å². The monoisotopic (exact) mass is 274 g/mol. The van der Waals surface area contributed by atoms with Crippen molar-refractivity contribution in [3.8, 4) is 5.75 Å². The van der Waals surface area contributed by atoms with Crippen LogP contribution in [0.3, 0.4) is 0 Å². The minimum absolute atomic E-state index is 0.150. The number of aryl methyl sites for hydroxylation is 1. The van der Waals surface area contributed by atoms with E-state index in [1.165, 1.54) is 0 Å². The zero-order chi connectivity index (χ0) is 14.5. The molecule has 0 aliphatic rings. The summed E-state index contributed by atoms with van der Waals surface area (Å²) in [6, 6.07) is 4.98. The van der Waals surface area contributed by atoms with Crippen molar-refractivity contribution in [3.63, 3.8) is 0 Å². The molecule has 0 aliphatic carbocycles. The van der Waals surface area contributed by atoms with Crippen LogP contribution in [0.2, 0.25) is 0 Å². The maximum atomic E-state index is 12.0. The van der Waals surface area contributed by atoms with E-state index in [2.05, 4.69) is 10.4 Å². The molecule has 20 heavy (non-hydrogen) atoms. The third-order valence-corrected chi connectivity index (χ3v) is 2.95. The molecular formula is C14H18N4O2. The topological polar surface area (TPSA) is 82.2 Å². The lowest BCUT2D eigenvalue weighted by atomic mass is 10.1. The highest BCUT2D eigenvalue weighted by Crippen LogP contribution is 2.21. The quantitative estimate of drug-likeness (QED) is 0.796. The van der Waals surface area contributed by atoms with Gasteiger partial charge in [0.1, 0.15) is 5.75 Å². The van der Waals surface area contributed by atoms with Crippen LogP contribution in [-0.2, 0) is 13.5 Å². The first kappa shape index (κ1) is 13.9. The number of ether oxygens (including phenoxy) is 1. The fourth-order valence-corrected chi connectivity index (χ4v) is 1.90. The number of nitrogens with one attached hydrogen (secondary N) is 1. The Morgan fingerprint density at radius 3 is 2.90 bits per heavy atom. The summed E-state index contributed by atoms with van der Waals surface area (Å²) in [5, 5.41) is 6.93. The van der Waals surface area contributed by atoms with E-state index in [9.17, 15) is 4.79 Å². The van der Waals surface area contributed by atoms with Gasteiger partial charge in [-0.25, -0.2) is 0 Å². The number of nitrogens with zero attached hydrogens (tertiary/aromatic N) is 2. The van der Waals surface area contributed by atoms with Crippen molar-refractivity contribution in [2.75, 3.05) is 19.4 Å². The van der Waals surface area contributed by atoms with Gasteiger partial charge in [0, 0.05) is 25.4 Å². The highest BCUT2D eigenvalue weighted by atomic mass is 16.5. The van der Waals surface area contributed by atoms with Crippen LogP contribution in [0.5, 0.6) is 5.75 Å². The van der Waals surface area contributed by atoms with E-state index in [0.29, 0.717) is 23.5 Å². The number of benzene rings is 1. The van der Waals surface area contributed by atoms with Crippen molar-refractivity contribution < 1.29 is 9.53 Å². The van der Waals surface area contributed by atoms with Gasteiger partial charge in [0.25, 0.3) is 5.91 Å². The van der Waals surface area contributed by atoms with Gasteiger partial charge < -0.3 is 15.8 Å². The zero-order valence-corrected chi connectivity index (χ0v) is 11.6. The van der Waals surface area contributed by atoms with Gasteiger partial charge in [-0.3, -0.25) is 9.48 Å². The maximum absolute atomic E-state index is 12.0. The van der Waals surface area contributed by atoms with Crippen LogP contribution in [-0.4, -0.2) is 29.3 Å². The fourth-order valence-electron chi connectivity index (χ4n) is 1.90. The second-order valence-electron chi connectivity index (χ2n) is 4.48. The number of amides is 1. The molecule has 0 spiro atoms. The van der Waals surface area contributed by atoms with Crippen LogP contribution in [0.4, 0.5) is 5.69 Å². The Hall–Kier alpha value is -2.50. The van der Waals surface area contributed by atoms with Crippen molar-refractivity contribution in [1.82, 2.24) is 15.1 Å². The molecule has 1 aromatic heterocycles. The highest BCUT2D eigenvalue weighted by molar-refractivity contribution is 5.95. The fraction of sp³-hybridized carbons (Fsp3) is 0.286. The molecule has 2 aromatic rings. The molecule has 3 N–H and O–H groups in total. The molecular weight excluding hydrogens is 256 g/mol. The molecule has 0 saturated heterocycles. The largest absolute Gasteiger partial charge is 0.495 e. The lowest BCUT2D eigenvalue weighted by Gasteiger charge is -2.08. The van der Waals surface area contributed by atoms with Gasteiger partial charge >= 0.3 is 0 Å². The standard InChI is InChI=1S/C14H18N4O2/c1-18-9-10(8-17-18)5-6-16-14(19)11-3-4-13(20-2)12(15)7-11/h3-4,7-9H,5-6,15H2,1-2H3,(H,16,19). The minimum Gasteiger partial charge on any atom is -0.495 e. The molecule has 0 unspecified atom stereocenters. The van der Waals surface area contributed by atoms with Gasteiger partial charge in [-0.1, -0.05) is 0 Å². The summed E-state index contributed by atoms with van der Waals surface area (Å²) in [5.41, 5.74) is 7.84. The number of hydrogen-bond donors (Lipinski definition) is 2. The average Bonchev–Trinajstić information content (AvgIpc) is 2.84. The van der Waals surface area contributed by atoms with Crippen molar-refractivity contribution in [2.24, 2.45) is 7.05 Å². The molecule has 106 valence electrons. The first-order chi connectivity index (χ1) is 9.60. The van der Waals surface area contributed by atoms with E-state index in [0.717, 1.165) is 12.0 Å². The Bertz CT molecular complexity index is 607. The van der Waals surface area contributed by atoms with Crippen molar-refractivity contribution in [2.45, 2.75) is 6.42 Å². The molecule has 0 radical (unpaired) electrons. The number of aromatic nitrogens is 2. The molecule has 1 aromatic carbocycles. The van der Waals surface area contributed by atoms with Crippen LogP contribution >= 0.6 is 0 Å². The predicted octanol–water partition coefficient (Wildman–Crippen LogP) is 0.983. The van der Waals surface area contributed by atoms with E-state index in [1.54, 1.807) is 36.2 Å². The van der Waals surface area contributed by atoms with Gasteiger partial charge in [-0.2, -0.15) is 5.10 Å². The molecule has 6 heteroatoms. The van der Waals surface area contributed by atoms with E-state index in [-0.39, 0.29) is 5.91 Å². The van der Waals surface area contributed by atoms with Gasteiger partial charge in [0.2, 0.25) is 0 Å². The van der Waals surface area contributed by atoms with Crippen LogP contribution in [0.1, 0.15) is 15.9 Å². The lowest BCUT2D eigenvalue weighted by molar-refractivity contribution is 0.0954. The predicted molar refractivity (Wildman–Crippen MR) is 76.7 cm³/mol. The van der Waals surface area contributed by atoms with Crippen LogP contribution in [0.25, 0.3) is 0 Å². The van der Waals surface area contributed by atoms with Crippen LogP contribution in [0.15, 0.2) is 30.6 Å². The molecule has 2 rings (SSSR count). The maximum Gasteiger partial charge on any atom is 0.251 e. The van der Waals surface area contributed by atoms with Gasteiger partial charge in [-0.15, -0.1) is 0 Å². The van der Waals surface area contributed by atoms with E-state index in [4.69, 9.17) is 10.5 Å². The van der Waals surface area contributed by atoms with Crippen LogP contribution in [0, 0.1) is 0 Å². The summed E-state index contributed by atoms with van der Waals surface area (Å²) in [4.78, 5) is 12.0. The molecule has 6 nitrogen and oxygen atoms in total. The number of rotatable bonds is 5. The SMILES string of the molecule is COc1ccc(C(=O)NCCc2cnn(C)c2)cc1N. The number of carbonyl (C=O) groups excluding carboxylic acids is 1. The molecule has 1 amide bonds. The Kier molecular flexibility index (Phi) is 4.24. The van der Waals surface area contributed by atoms with Crippen molar-refractivity contribution >= 4 is 11.6 Å². The zero-order valence-electron chi connectivity index (χ0n) is 11.6. The summed E-state index contributed by atoms with van der Waals surface area (Å²) in [6.07, 6.45) is 4.46. The number of nitrogens with two attached hydrogens (primary N) is 1. The minimum atomic E-state index is -0.150. The van der Waals surface area contributed by atoms with E-state index < -0.39 is 0 Å². The molecule has 1 heterocycles. The average molecular weight is 274 g/mol. The lowest BCUT2D eigenvalue weighted by Crippen LogP contribution is -2.25. The molecule has 0 saturated carbocycles. The molecule has 0 aliphatic heterocycles. The molecule has 0 bridgehead atoms. The van der Waals surface area contributed by atoms with E-state index in [1.807, 2.05) is 13.2 Å². The summed E-state index contributed by atoms with van der Waals surface area (Å²) in [5.74, 6) is 0.417. The van der Waals surface area contributed by atoms with Crippen molar-refractivity contribution in [3.05, 3.63) is 41.7 Å². The second-order valence-corrected chi connectivity index (χ2v) is 4.48. The Morgan fingerprint density at radius 1 is 1.50 bits per heavy atom. The smallest absolute Gasteiger partial charge is 0.251 e. The Morgan fingerprint density at radius 2 is 2.30 bits per heavy atom. The van der Waals surface area contributed by atoms with Gasteiger partial charge in [0.15, 0.2) is 0 Å². The highest BCUT2D eigenvalue weighted by Gasteiger charge is 2.08. The van der Waals surface area contributed by atoms with Crippen molar-refractivity contribution in [1.29, 1.82) is 0 Å². The van der Waals surface area contributed by atoms with Gasteiger partial charge in [0.05, 0.1) is 19.0 Å². The number of anilines is 1. The normalized spacial score (nSPS) is 10.3. The third-order valence-electron chi connectivity index (χ3n) is 2.95. The first-order valence-electron chi connectivity index (χ1n) is 6.29. The summed E-state index contributed by atoms with van der Waals surface area (Å²) < 4.78 is 6.79. The molecule has 0 atom stereocenters. The number of carbonyl (C=O) groups is 1. The number of hydrogen-bond acceptors (Lipinski definition) is 4. The third kappa shape index (κ3) is 3.28. The summed E-state index contributed by atoms with van der Waals surface area (Å²) in [6.45, 7) is 0.552. The number of nitrogen functional groups attached to an aromatic ring is 1. The first-order valence-corrected chi connectivity index (χ1v) is 6.29. The summed E-state index contributed by atoms with van der Waals surface area (Å²) in [7, 11) is 3.40. The molecule has 0 fully saturated rings. The Labute approximate surface area is 117 Å².